The summed E-state index contributed by atoms with van der Waals surface area (Å²) in [5.74, 6) is 4.33. The summed E-state index contributed by atoms with van der Waals surface area (Å²) in [5, 5.41) is 4.22. The van der Waals surface area contributed by atoms with Crippen molar-refractivity contribution in [2.45, 2.75) is 89.3 Å². The highest BCUT2D eigenvalue weighted by molar-refractivity contribution is 8.14. The van der Waals surface area contributed by atoms with Crippen LogP contribution in [0.1, 0.15) is 78.1 Å². The number of hydrogen-bond acceptors (Lipinski definition) is 3. The Bertz CT molecular complexity index is 794. The van der Waals surface area contributed by atoms with Crippen LogP contribution >= 0.6 is 11.8 Å². The Kier molecular flexibility index (Phi) is 4.55. The number of fused-ring (bicyclic) bond motifs is 7. The smallest absolute Gasteiger partial charge is 0.223 e. The van der Waals surface area contributed by atoms with Gasteiger partial charge in [0.1, 0.15) is 0 Å². The maximum absolute atomic E-state index is 13.3. The van der Waals surface area contributed by atoms with Crippen molar-refractivity contribution in [1.29, 1.82) is 0 Å². The molecule has 2 bridgehead atoms. The van der Waals surface area contributed by atoms with Crippen LogP contribution in [0.3, 0.4) is 0 Å². The van der Waals surface area contributed by atoms with Gasteiger partial charge in [0.2, 0.25) is 11.0 Å². The van der Waals surface area contributed by atoms with Crippen LogP contribution in [-0.2, 0) is 9.59 Å². The van der Waals surface area contributed by atoms with Gasteiger partial charge in [-0.05, 0) is 98.9 Å². The maximum Gasteiger partial charge on any atom is 0.223 e. The van der Waals surface area contributed by atoms with Crippen molar-refractivity contribution in [3.63, 3.8) is 0 Å². The number of nitrogens with one attached hydrogen (secondary N) is 1. The highest BCUT2D eigenvalue weighted by atomic mass is 32.2. The lowest BCUT2D eigenvalue weighted by Crippen LogP contribution is -2.52. The van der Waals surface area contributed by atoms with Crippen molar-refractivity contribution < 1.29 is 9.59 Å². The average Bonchev–Trinajstić information content (AvgIpc) is 3.42. The summed E-state index contributed by atoms with van der Waals surface area (Å²) in [4.78, 5) is 25.3. The first kappa shape index (κ1) is 19.9. The van der Waals surface area contributed by atoms with Gasteiger partial charge in [0.05, 0.1) is 0 Å². The van der Waals surface area contributed by atoms with E-state index in [-0.39, 0.29) is 16.4 Å². The number of allylic oxidation sites excluding steroid dienone is 1. The Morgan fingerprint density at radius 1 is 1.07 bits per heavy atom. The summed E-state index contributed by atoms with van der Waals surface area (Å²) in [7, 11) is 0. The van der Waals surface area contributed by atoms with E-state index in [0.29, 0.717) is 34.4 Å². The predicted octanol–water partition coefficient (Wildman–Crippen LogP) is 5.35. The van der Waals surface area contributed by atoms with Crippen molar-refractivity contribution in [3.8, 4) is 0 Å². The monoisotopic (exact) mass is 427 g/mol. The zero-order valence-electron chi connectivity index (χ0n) is 18.6. The van der Waals surface area contributed by atoms with E-state index in [1.807, 2.05) is 6.08 Å². The second-order valence-corrected chi connectivity index (χ2v) is 13.4. The molecule has 6 aliphatic rings. The Morgan fingerprint density at radius 3 is 2.70 bits per heavy atom. The van der Waals surface area contributed by atoms with Gasteiger partial charge in [-0.1, -0.05) is 38.1 Å². The molecule has 3 nitrogen and oxygen atoms in total. The van der Waals surface area contributed by atoms with Crippen LogP contribution in [0.15, 0.2) is 12.2 Å². The number of hydrogen-bond donors (Lipinski definition) is 1. The molecular weight excluding hydrogens is 390 g/mol. The first-order valence-electron chi connectivity index (χ1n) is 12.6. The van der Waals surface area contributed by atoms with Crippen LogP contribution in [0.5, 0.6) is 0 Å². The SMILES string of the molecule is C[C@]12CC[C@@H]3[C@@H](CCC4SC(=O)C=C[C@@]43C)[C@@H]1CC(C(=O)NC1CC3CCC1C3)C2. The molecule has 5 fully saturated rings. The van der Waals surface area contributed by atoms with Gasteiger partial charge in [-0.3, -0.25) is 9.59 Å². The second-order valence-electron chi connectivity index (χ2n) is 12.2. The van der Waals surface area contributed by atoms with Gasteiger partial charge in [0, 0.05) is 22.6 Å². The molecule has 5 saturated carbocycles. The minimum absolute atomic E-state index is 0.159. The topological polar surface area (TPSA) is 46.2 Å². The molecule has 1 N–H and O–H groups in total. The summed E-state index contributed by atoms with van der Waals surface area (Å²) in [5.41, 5.74) is 0.495. The Morgan fingerprint density at radius 2 is 1.93 bits per heavy atom. The van der Waals surface area contributed by atoms with Crippen LogP contribution in [0.4, 0.5) is 0 Å². The highest BCUT2D eigenvalue weighted by Crippen LogP contribution is 2.66. The van der Waals surface area contributed by atoms with E-state index in [0.717, 1.165) is 37.0 Å². The highest BCUT2D eigenvalue weighted by Gasteiger charge is 2.59. The molecule has 5 aliphatic carbocycles. The van der Waals surface area contributed by atoms with Crippen LogP contribution in [0.2, 0.25) is 0 Å². The fraction of sp³-hybridized carbons (Fsp3) is 0.846. The molecule has 4 heteroatoms. The van der Waals surface area contributed by atoms with Gasteiger partial charge in [-0.25, -0.2) is 0 Å². The minimum Gasteiger partial charge on any atom is -0.353 e. The van der Waals surface area contributed by atoms with E-state index in [1.165, 1.54) is 44.9 Å². The maximum atomic E-state index is 13.3. The van der Waals surface area contributed by atoms with E-state index in [4.69, 9.17) is 0 Å². The first-order valence-corrected chi connectivity index (χ1v) is 13.4. The lowest BCUT2D eigenvalue weighted by atomic mass is 9.50. The van der Waals surface area contributed by atoms with Crippen LogP contribution < -0.4 is 5.32 Å². The predicted molar refractivity (Wildman–Crippen MR) is 121 cm³/mol. The molecule has 1 amide bonds. The first-order chi connectivity index (χ1) is 14.4. The molecule has 6 rings (SSSR count). The molecule has 0 radical (unpaired) electrons. The van der Waals surface area contributed by atoms with Crippen molar-refractivity contribution in [1.82, 2.24) is 5.32 Å². The Hall–Kier alpha value is -0.770. The third-order valence-electron chi connectivity index (χ3n) is 10.7. The average molecular weight is 428 g/mol. The molecule has 10 atom stereocenters. The summed E-state index contributed by atoms with van der Waals surface area (Å²) < 4.78 is 0. The van der Waals surface area contributed by atoms with Crippen molar-refractivity contribution in [3.05, 3.63) is 12.2 Å². The number of carbonyl (C=O) groups excluding carboxylic acids is 2. The van der Waals surface area contributed by atoms with Gasteiger partial charge >= 0.3 is 0 Å². The second kappa shape index (κ2) is 6.86. The molecule has 1 heterocycles. The molecular formula is C26H37NO2S. The minimum atomic E-state index is 0.159. The fourth-order valence-corrected chi connectivity index (χ4v) is 10.4. The molecule has 164 valence electrons. The van der Waals surface area contributed by atoms with Crippen LogP contribution in [0.25, 0.3) is 0 Å². The summed E-state index contributed by atoms with van der Waals surface area (Å²) in [6, 6.07) is 0.468. The molecule has 0 aromatic carbocycles. The number of thioether (sulfide) groups is 1. The molecule has 0 saturated heterocycles. The standard InChI is InChI=1S/C26H37NO2S/c1-25-9-7-19-18(5-6-22-26(19,2)10-8-23(28)30-22)20(25)13-17(14-25)24(29)27-21-12-15-3-4-16(21)11-15/h8,10,15-22H,3-7,9,11-14H2,1-2H3,(H,27,29)/t15?,16?,17?,18-,19-,20+,21?,22?,25-,26-/m1/s1. The van der Waals surface area contributed by atoms with E-state index in [1.54, 1.807) is 11.8 Å². The van der Waals surface area contributed by atoms with Crippen LogP contribution in [0, 0.1) is 46.3 Å². The zero-order valence-corrected chi connectivity index (χ0v) is 19.4. The molecule has 5 unspecified atom stereocenters. The number of carbonyl (C=O) groups is 2. The van der Waals surface area contributed by atoms with E-state index >= 15 is 0 Å². The molecule has 30 heavy (non-hydrogen) atoms. The molecule has 0 aromatic rings. The van der Waals surface area contributed by atoms with Gasteiger partial charge in [-0.2, -0.15) is 0 Å². The van der Waals surface area contributed by atoms with Crippen LogP contribution in [-0.4, -0.2) is 22.3 Å². The van der Waals surface area contributed by atoms with E-state index < -0.39 is 0 Å². The Labute approximate surface area is 185 Å². The molecule has 0 spiro atoms. The lowest BCUT2D eigenvalue weighted by Gasteiger charge is -2.57. The van der Waals surface area contributed by atoms with E-state index in [2.05, 4.69) is 25.2 Å². The summed E-state index contributed by atoms with van der Waals surface area (Å²) in [6.07, 6.45) is 16.5. The largest absolute Gasteiger partial charge is 0.353 e. The van der Waals surface area contributed by atoms with Crippen molar-refractivity contribution in [2.75, 3.05) is 0 Å². The third-order valence-corrected chi connectivity index (χ3v) is 12.1. The summed E-state index contributed by atoms with van der Waals surface area (Å²) in [6.45, 7) is 4.91. The fourth-order valence-electron chi connectivity index (χ4n) is 9.18. The van der Waals surface area contributed by atoms with Crippen molar-refractivity contribution >= 4 is 22.8 Å². The molecule has 0 aromatic heterocycles. The molecule has 1 aliphatic heterocycles. The third kappa shape index (κ3) is 2.91. The summed E-state index contributed by atoms with van der Waals surface area (Å²) >= 11 is 1.59. The quantitative estimate of drug-likeness (QED) is 0.646. The van der Waals surface area contributed by atoms with Gasteiger partial charge < -0.3 is 5.32 Å². The van der Waals surface area contributed by atoms with Gasteiger partial charge in [-0.15, -0.1) is 0 Å². The van der Waals surface area contributed by atoms with E-state index in [9.17, 15) is 9.59 Å². The Balaban J connectivity index is 1.18. The zero-order chi connectivity index (χ0) is 20.7. The number of rotatable bonds is 2. The van der Waals surface area contributed by atoms with Crippen molar-refractivity contribution in [2.24, 2.45) is 46.3 Å². The normalized spacial score (nSPS) is 53.9. The lowest BCUT2D eigenvalue weighted by molar-refractivity contribution is -0.126. The number of amides is 1. The van der Waals surface area contributed by atoms with Gasteiger partial charge in [0.25, 0.3) is 0 Å². The van der Waals surface area contributed by atoms with Gasteiger partial charge in [0.15, 0.2) is 0 Å².